The quantitative estimate of drug-likeness (QED) is 0.834. The van der Waals surface area contributed by atoms with Crippen LogP contribution in [-0.2, 0) is 11.3 Å². The van der Waals surface area contributed by atoms with Crippen LogP contribution in [0.1, 0.15) is 24.8 Å². The van der Waals surface area contributed by atoms with Crippen molar-refractivity contribution in [1.29, 1.82) is 0 Å². The number of carbonyl (C=O) groups is 1. The minimum atomic E-state index is 0.177. The third kappa shape index (κ3) is 4.14. The summed E-state index contributed by atoms with van der Waals surface area (Å²) in [4.78, 5) is 16.7. The normalized spacial score (nSPS) is 26.6. The molecule has 4 rings (SSSR count). The number of likely N-dealkylation sites (N-methyl/N-ethyl adjacent to an activating group) is 1. The molecule has 6 nitrogen and oxygen atoms in total. The molecule has 6 heteroatoms. The summed E-state index contributed by atoms with van der Waals surface area (Å²) < 4.78 is 5.78. The molecular formula is C19H28N4O2. The molecule has 2 heterocycles. The number of hydrogen-bond acceptors (Lipinski definition) is 5. The van der Waals surface area contributed by atoms with Crippen LogP contribution < -0.4 is 15.6 Å². The Morgan fingerprint density at radius 2 is 2.16 bits per heavy atom. The number of para-hydroxylation sites is 1. The van der Waals surface area contributed by atoms with Gasteiger partial charge >= 0.3 is 0 Å². The lowest BCUT2D eigenvalue weighted by Gasteiger charge is -2.25. The number of benzene rings is 1. The van der Waals surface area contributed by atoms with Crippen LogP contribution in [0.3, 0.4) is 0 Å². The van der Waals surface area contributed by atoms with E-state index in [2.05, 4.69) is 21.8 Å². The Balaban J connectivity index is 1.28. The molecule has 25 heavy (non-hydrogen) atoms. The standard InChI is InChI=1S/C19H28N4O2/c1-22(12-16-10-17(21-20-16)14-6-7-14)19(24)13-23-8-9-25-18-5-3-2-4-15(18)11-23/h2-5,14,16-17,20-21H,6-13H2,1H3. The van der Waals surface area contributed by atoms with Crippen LogP contribution in [0.5, 0.6) is 5.75 Å². The van der Waals surface area contributed by atoms with Crippen molar-refractivity contribution in [2.24, 2.45) is 5.92 Å². The molecule has 0 bridgehead atoms. The van der Waals surface area contributed by atoms with Gasteiger partial charge < -0.3 is 9.64 Å². The van der Waals surface area contributed by atoms with Gasteiger partial charge in [0.15, 0.2) is 0 Å². The second kappa shape index (κ2) is 7.32. The van der Waals surface area contributed by atoms with Gasteiger partial charge in [0, 0.05) is 44.3 Å². The number of amides is 1. The number of carbonyl (C=O) groups excluding carboxylic acids is 1. The molecule has 1 aliphatic carbocycles. The van der Waals surface area contributed by atoms with Gasteiger partial charge in [0.25, 0.3) is 0 Å². The topological polar surface area (TPSA) is 56.8 Å². The van der Waals surface area contributed by atoms with E-state index >= 15 is 0 Å². The molecule has 0 aromatic heterocycles. The monoisotopic (exact) mass is 344 g/mol. The molecule has 2 fully saturated rings. The Labute approximate surface area is 149 Å². The van der Waals surface area contributed by atoms with Crippen LogP contribution >= 0.6 is 0 Å². The molecule has 1 aromatic rings. The van der Waals surface area contributed by atoms with Crippen molar-refractivity contribution in [3.63, 3.8) is 0 Å². The minimum absolute atomic E-state index is 0.177. The van der Waals surface area contributed by atoms with Crippen molar-refractivity contribution in [2.45, 2.75) is 37.9 Å². The number of hydrogen-bond donors (Lipinski definition) is 2. The highest BCUT2D eigenvalue weighted by Crippen LogP contribution is 2.35. The Morgan fingerprint density at radius 3 is 3.00 bits per heavy atom. The SMILES string of the molecule is CN(CC1CC(C2CC2)NN1)C(=O)CN1CCOc2ccccc2C1. The molecule has 1 saturated carbocycles. The molecule has 0 spiro atoms. The summed E-state index contributed by atoms with van der Waals surface area (Å²) in [5, 5.41) is 0. The van der Waals surface area contributed by atoms with Gasteiger partial charge in [-0.25, -0.2) is 0 Å². The van der Waals surface area contributed by atoms with E-state index in [-0.39, 0.29) is 5.91 Å². The summed E-state index contributed by atoms with van der Waals surface area (Å²) in [7, 11) is 1.91. The van der Waals surface area contributed by atoms with Crippen molar-refractivity contribution in [2.75, 3.05) is 33.3 Å². The number of nitrogens with zero attached hydrogens (tertiary/aromatic N) is 2. The summed E-state index contributed by atoms with van der Waals surface area (Å²) in [5.74, 6) is 1.96. The van der Waals surface area contributed by atoms with Gasteiger partial charge in [0.1, 0.15) is 12.4 Å². The van der Waals surface area contributed by atoms with Crippen LogP contribution in [0.4, 0.5) is 0 Å². The maximum atomic E-state index is 12.6. The smallest absolute Gasteiger partial charge is 0.236 e. The first-order chi connectivity index (χ1) is 12.2. The number of ether oxygens (including phenoxy) is 1. The average Bonchev–Trinajstić information content (AvgIpc) is 3.38. The Morgan fingerprint density at radius 1 is 1.32 bits per heavy atom. The second-order valence-corrected chi connectivity index (χ2v) is 7.61. The van der Waals surface area contributed by atoms with Gasteiger partial charge in [0.2, 0.25) is 5.91 Å². The van der Waals surface area contributed by atoms with Gasteiger partial charge in [0.05, 0.1) is 6.54 Å². The fourth-order valence-corrected chi connectivity index (χ4v) is 3.84. The number of rotatable bonds is 5. The van der Waals surface area contributed by atoms with Crippen molar-refractivity contribution >= 4 is 5.91 Å². The van der Waals surface area contributed by atoms with Gasteiger partial charge in [-0.15, -0.1) is 0 Å². The molecule has 2 atom stereocenters. The highest BCUT2D eigenvalue weighted by molar-refractivity contribution is 5.78. The zero-order chi connectivity index (χ0) is 17.2. The Hall–Kier alpha value is -1.63. The van der Waals surface area contributed by atoms with Gasteiger partial charge in [-0.2, -0.15) is 0 Å². The summed E-state index contributed by atoms with van der Waals surface area (Å²) in [5.41, 5.74) is 7.92. The predicted molar refractivity (Wildman–Crippen MR) is 96.0 cm³/mol. The average molecular weight is 344 g/mol. The zero-order valence-corrected chi connectivity index (χ0v) is 14.9. The highest BCUT2D eigenvalue weighted by atomic mass is 16.5. The highest BCUT2D eigenvalue weighted by Gasteiger charge is 2.37. The molecule has 1 saturated heterocycles. The third-order valence-corrected chi connectivity index (χ3v) is 5.51. The van der Waals surface area contributed by atoms with Gasteiger partial charge in [-0.05, 0) is 31.2 Å². The largest absolute Gasteiger partial charge is 0.492 e. The van der Waals surface area contributed by atoms with Crippen molar-refractivity contribution in [1.82, 2.24) is 20.7 Å². The molecule has 1 amide bonds. The lowest BCUT2D eigenvalue weighted by Crippen LogP contribution is -2.45. The first-order valence-electron chi connectivity index (χ1n) is 9.37. The predicted octanol–water partition coefficient (Wildman–Crippen LogP) is 0.985. The lowest BCUT2D eigenvalue weighted by atomic mass is 10.1. The van der Waals surface area contributed by atoms with Crippen LogP contribution in [0.15, 0.2) is 24.3 Å². The van der Waals surface area contributed by atoms with Gasteiger partial charge in [-0.1, -0.05) is 18.2 Å². The van der Waals surface area contributed by atoms with Crippen LogP contribution in [-0.4, -0.2) is 61.1 Å². The molecule has 0 radical (unpaired) electrons. The van der Waals surface area contributed by atoms with Crippen molar-refractivity contribution in [3.8, 4) is 5.75 Å². The van der Waals surface area contributed by atoms with E-state index in [4.69, 9.17) is 4.74 Å². The van der Waals surface area contributed by atoms with Crippen molar-refractivity contribution < 1.29 is 9.53 Å². The fourth-order valence-electron chi connectivity index (χ4n) is 3.84. The fraction of sp³-hybridized carbons (Fsp3) is 0.632. The maximum absolute atomic E-state index is 12.6. The van der Waals surface area contributed by atoms with E-state index in [1.165, 1.54) is 12.8 Å². The molecule has 3 aliphatic rings. The molecule has 1 aromatic carbocycles. The third-order valence-electron chi connectivity index (χ3n) is 5.51. The van der Waals surface area contributed by atoms with Gasteiger partial charge in [-0.3, -0.25) is 20.5 Å². The maximum Gasteiger partial charge on any atom is 0.236 e. The van der Waals surface area contributed by atoms with E-state index in [0.29, 0.717) is 25.2 Å². The van der Waals surface area contributed by atoms with E-state index < -0.39 is 0 Å². The number of nitrogens with one attached hydrogen (secondary N) is 2. The van der Waals surface area contributed by atoms with E-state index in [1.54, 1.807) is 0 Å². The summed E-state index contributed by atoms with van der Waals surface area (Å²) in [6.07, 6.45) is 3.81. The number of fused-ring (bicyclic) bond motifs is 1. The summed E-state index contributed by atoms with van der Waals surface area (Å²) >= 11 is 0. The Kier molecular flexibility index (Phi) is 4.92. The van der Waals surface area contributed by atoms with Crippen LogP contribution in [0.2, 0.25) is 0 Å². The first-order valence-corrected chi connectivity index (χ1v) is 9.37. The molecule has 2 aliphatic heterocycles. The number of hydrazine groups is 1. The van der Waals surface area contributed by atoms with Crippen LogP contribution in [0, 0.1) is 5.92 Å². The van der Waals surface area contributed by atoms with Crippen molar-refractivity contribution in [3.05, 3.63) is 29.8 Å². The van der Waals surface area contributed by atoms with E-state index in [1.807, 2.05) is 30.1 Å². The second-order valence-electron chi connectivity index (χ2n) is 7.61. The minimum Gasteiger partial charge on any atom is -0.492 e. The molecular weight excluding hydrogens is 316 g/mol. The molecule has 2 unspecified atom stereocenters. The first kappa shape index (κ1) is 16.8. The lowest BCUT2D eigenvalue weighted by molar-refractivity contribution is -0.131. The molecule has 2 N–H and O–H groups in total. The summed E-state index contributed by atoms with van der Waals surface area (Å²) in [6.45, 7) is 3.38. The van der Waals surface area contributed by atoms with Crippen LogP contribution in [0.25, 0.3) is 0 Å². The zero-order valence-electron chi connectivity index (χ0n) is 14.9. The summed E-state index contributed by atoms with van der Waals surface area (Å²) in [6, 6.07) is 9.04. The Bertz CT molecular complexity index is 619. The molecule has 136 valence electrons. The van der Waals surface area contributed by atoms with E-state index in [9.17, 15) is 4.79 Å². The van der Waals surface area contributed by atoms with E-state index in [0.717, 1.165) is 43.3 Å².